The second kappa shape index (κ2) is 9.23. The summed E-state index contributed by atoms with van der Waals surface area (Å²) in [5.41, 5.74) is -0.887. The molecule has 5 nitrogen and oxygen atoms in total. The van der Waals surface area contributed by atoms with E-state index in [1.807, 2.05) is 0 Å². The van der Waals surface area contributed by atoms with Crippen molar-refractivity contribution in [1.29, 1.82) is 0 Å². The predicted molar refractivity (Wildman–Crippen MR) is 116 cm³/mol. The maximum absolute atomic E-state index is 12.9. The molecule has 2 aromatic rings. The molecule has 1 N–H and O–H groups in total. The topological polar surface area (TPSA) is 70.8 Å². The van der Waals surface area contributed by atoms with Gasteiger partial charge in [-0.15, -0.1) is 0 Å². The zero-order chi connectivity index (χ0) is 22.9. The number of hydrogen-bond donors (Lipinski definition) is 1. The summed E-state index contributed by atoms with van der Waals surface area (Å²) in [5, 5.41) is 8.25. The van der Waals surface area contributed by atoms with Crippen LogP contribution in [0.5, 0.6) is 0 Å². The molecule has 0 bridgehead atoms. The highest BCUT2D eigenvalue weighted by Gasteiger charge is 2.33. The van der Waals surface area contributed by atoms with E-state index in [9.17, 15) is 22.8 Å². The van der Waals surface area contributed by atoms with Crippen molar-refractivity contribution < 1.29 is 32.3 Å². The van der Waals surface area contributed by atoms with Crippen molar-refractivity contribution in [2.24, 2.45) is 0 Å². The molecule has 1 aromatic carbocycles. The number of alkyl halides is 3. The standard InChI is InChI=1S/C19H12Cl2F3NO4S2/c20-11-6-9(19(22,23)24)7-12(21)16(11)13-4-3-10(29-13)8-14-17(28)25(18(30)31-14)5-1-2-15(26)27/h3-4,6-8H,1-2,5H2,(H,26,27). The fourth-order valence-corrected chi connectivity index (χ4v) is 4.71. The predicted octanol–water partition coefficient (Wildman–Crippen LogP) is 6.34. The fraction of sp³-hybridized carbons (Fsp3) is 0.211. The normalized spacial score (nSPS) is 15.9. The quantitative estimate of drug-likeness (QED) is 0.362. The molecule has 0 saturated carbocycles. The number of rotatable bonds is 6. The van der Waals surface area contributed by atoms with Crippen LogP contribution in [-0.2, 0) is 15.8 Å². The molecule has 0 radical (unpaired) electrons. The molecule has 1 amide bonds. The van der Waals surface area contributed by atoms with Crippen LogP contribution in [0.2, 0.25) is 10.0 Å². The van der Waals surface area contributed by atoms with Gasteiger partial charge in [-0.1, -0.05) is 47.2 Å². The van der Waals surface area contributed by atoms with Crippen LogP contribution in [0.25, 0.3) is 17.4 Å². The minimum atomic E-state index is -4.60. The van der Waals surface area contributed by atoms with Gasteiger partial charge in [-0.25, -0.2) is 0 Å². The minimum Gasteiger partial charge on any atom is -0.481 e. The van der Waals surface area contributed by atoms with E-state index in [2.05, 4.69) is 0 Å². The van der Waals surface area contributed by atoms with E-state index in [1.54, 1.807) is 0 Å². The molecule has 1 aliphatic rings. The molecule has 1 saturated heterocycles. The summed E-state index contributed by atoms with van der Waals surface area (Å²) in [6.07, 6.45) is -3.00. The monoisotopic (exact) mass is 509 g/mol. The van der Waals surface area contributed by atoms with Crippen molar-refractivity contribution in [3.63, 3.8) is 0 Å². The van der Waals surface area contributed by atoms with E-state index >= 15 is 0 Å². The summed E-state index contributed by atoms with van der Waals surface area (Å²) in [4.78, 5) is 24.7. The number of carbonyl (C=O) groups excluding carboxylic acids is 1. The Kier molecular flexibility index (Phi) is 7.04. The van der Waals surface area contributed by atoms with E-state index in [0.29, 0.717) is 4.32 Å². The number of carboxylic acids is 1. The molecule has 0 atom stereocenters. The Morgan fingerprint density at radius 3 is 2.48 bits per heavy atom. The van der Waals surface area contributed by atoms with Crippen molar-refractivity contribution in [2.45, 2.75) is 19.0 Å². The zero-order valence-electron chi connectivity index (χ0n) is 15.3. The molecule has 3 rings (SSSR count). The van der Waals surface area contributed by atoms with Crippen LogP contribution in [0, 0.1) is 0 Å². The number of carbonyl (C=O) groups is 2. The van der Waals surface area contributed by atoms with Crippen LogP contribution in [0.4, 0.5) is 13.2 Å². The van der Waals surface area contributed by atoms with E-state index in [4.69, 9.17) is 44.9 Å². The Balaban J connectivity index is 1.82. The summed E-state index contributed by atoms with van der Waals surface area (Å²) in [6.45, 7) is 0.175. The largest absolute Gasteiger partial charge is 0.481 e. The number of benzene rings is 1. The van der Waals surface area contributed by atoms with E-state index in [1.165, 1.54) is 23.1 Å². The van der Waals surface area contributed by atoms with E-state index in [-0.39, 0.29) is 57.3 Å². The average molecular weight is 510 g/mol. The number of carboxylic acid groups (broad SMARTS) is 1. The van der Waals surface area contributed by atoms with Crippen molar-refractivity contribution in [1.82, 2.24) is 4.90 Å². The molecule has 164 valence electrons. The van der Waals surface area contributed by atoms with Crippen molar-refractivity contribution >= 4 is 69.5 Å². The molecule has 2 heterocycles. The first-order valence-electron chi connectivity index (χ1n) is 8.61. The number of hydrogen-bond acceptors (Lipinski definition) is 5. The summed E-state index contributed by atoms with van der Waals surface area (Å²) in [7, 11) is 0. The summed E-state index contributed by atoms with van der Waals surface area (Å²) < 4.78 is 44.6. The van der Waals surface area contributed by atoms with Gasteiger partial charge in [0.25, 0.3) is 5.91 Å². The number of aliphatic carboxylic acids is 1. The third-order valence-corrected chi connectivity index (χ3v) is 6.14. The summed E-state index contributed by atoms with van der Waals surface area (Å²) in [6, 6.07) is 4.50. The van der Waals surface area contributed by atoms with Crippen LogP contribution < -0.4 is 0 Å². The summed E-state index contributed by atoms with van der Waals surface area (Å²) >= 11 is 18.2. The molecule has 1 aromatic heterocycles. The first-order valence-corrected chi connectivity index (χ1v) is 10.6. The third-order valence-electron chi connectivity index (χ3n) is 4.16. The molecule has 1 aliphatic heterocycles. The van der Waals surface area contributed by atoms with Gasteiger partial charge in [-0.3, -0.25) is 14.5 Å². The zero-order valence-corrected chi connectivity index (χ0v) is 18.5. The number of thioether (sulfide) groups is 1. The van der Waals surface area contributed by atoms with Gasteiger partial charge < -0.3 is 9.52 Å². The first-order chi connectivity index (χ1) is 14.5. The molecule has 12 heteroatoms. The molecular formula is C19H12Cl2F3NO4S2. The van der Waals surface area contributed by atoms with Crippen molar-refractivity contribution in [3.8, 4) is 11.3 Å². The summed E-state index contributed by atoms with van der Waals surface area (Å²) in [5.74, 6) is -0.978. The van der Waals surface area contributed by atoms with Crippen LogP contribution in [0.3, 0.4) is 0 Å². The lowest BCUT2D eigenvalue weighted by molar-refractivity contribution is -0.138. The number of nitrogens with zero attached hydrogens (tertiary/aromatic N) is 1. The number of thiocarbonyl (C=S) groups is 1. The maximum atomic E-state index is 12.9. The smallest absolute Gasteiger partial charge is 0.416 e. The molecule has 31 heavy (non-hydrogen) atoms. The van der Waals surface area contributed by atoms with Crippen LogP contribution in [0.1, 0.15) is 24.2 Å². The SMILES string of the molecule is O=C(O)CCCN1C(=O)C(=Cc2ccc(-c3c(Cl)cc(C(F)(F)F)cc3Cl)o2)SC1=S. The lowest BCUT2D eigenvalue weighted by Gasteiger charge is -2.13. The highest BCUT2D eigenvalue weighted by atomic mass is 35.5. The van der Waals surface area contributed by atoms with Crippen LogP contribution >= 0.6 is 47.2 Å². The van der Waals surface area contributed by atoms with Gasteiger partial charge in [0, 0.05) is 19.0 Å². The Bertz CT molecular complexity index is 1080. The van der Waals surface area contributed by atoms with Crippen molar-refractivity contribution in [3.05, 3.63) is 50.5 Å². The highest BCUT2D eigenvalue weighted by Crippen LogP contribution is 2.41. The maximum Gasteiger partial charge on any atom is 0.416 e. The van der Waals surface area contributed by atoms with Gasteiger partial charge in [0.05, 0.1) is 26.1 Å². The average Bonchev–Trinajstić information content (AvgIpc) is 3.20. The second-order valence-corrected chi connectivity index (χ2v) is 8.84. The molecule has 0 aliphatic carbocycles. The highest BCUT2D eigenvalue weighted by molar-refractivity contribution is 8.26. The van der Waals surface area contributed by atoms with Crippen LogP contribution in [-0.4, -0.2) is 32.7 Å². The Morgan fingerprint density at radius 2 is 1.90 bits per heavy atom. The van der Waals surface area contributed by atoms with Gasteiger partial charge in [0.2, 0.25) is 0 Å². The lowest BCUT2D eigenvalue weighted by Crippen LogP contribution is -2.29. The Morgan fingerprint density at radius 1 is 1.26 bits per heavy atom. The fourth-order valence-electron chi connectivity index (χ4n) is 2.75. The van der Waals surface area contributed by atoms with Gasteiger partial charge >= 0.3 is 12.1 Å². The lowest BCUT2D eigenvalue weighted by atomic mass is 10.1. The molecule has 0 spiro atoms. The third kappa shape index (κ3) is 5.43. The first kappa shape index (κ1) is 23.6. The van der Waals surface area contributed by atoms with Crippen molar-refractivity contribution in [2.75, 3.05) is 6.54 Å². The molecule has 1 fully saturated rings. The van der Waals surface area contributed by atoms with Gasteiger partial charge in [0.15, 0.2) is 0 Å². The Labute approximate surface area is 193 Å². The van der Waals surface area contributed by atoms with Gasteiger partial charge in [-0.05, 0) is 30.7 Å². The van der Waals surface area contributed by atoms with E-state index in [0.717, 1.165) is 23.9 Å². The second-order valence-electron chi connectivity index (χ2n) is 6.35. The van der Waals surface area contributed by atoms with Gasteiger partial charge in [0.1, 0.15) is 15.8 Å². The van der Waals surface area contributed by atoms with Gasteiger partial charge in [-0.2, -0.15) is 13.2 Å². The molecular weight excluding hydrogens is 498 g/mol. The molecule has 0 unspecified atom stereocenters. The van der Waals surface area contributed by atoms with E-state index < -0.39 is 17.7 Å². The Hall–Kier alpha value is -2.01. The minimum absolute atomic E-state index is 0.0910. The number of halogens is 5. The number of furan rings is 1. The van der Waals surface area contributed by atoms with Crippen LogP contribution in [0.15, 0.2) is 33.6 Å². The number of amides is 1.